The van der Waals surface area contributed by atoms with E-state index >= 15 is 0 Å². The Kier molecular flexibility index (Phi) is 7.69. The van der Waals surface area contributed by atoms with Crippen molar-refractivity contribution in [3.8, 4) is 5.88 Å². The SMILES string of the molecule is COc1ccc(NC(=O)NCCCCN2CCN(c3cccc(C)c3)CC2)cn1. The molecule has 0 aliphatic carbocycles. The highest BCUT2D eigenvalue weighted by Gasteiger charge is 2.16. The van der Waals surface area contributed by atoms with Crippen LogP contribution in [0.15, 0.2) is 42.6 Å². The molecule has 2 aromatic rings. The molecule has 0 unspecified atom stereocenters. The van der Waals surface area contributed by atoms with Gasteiger partial charge in [0.25, 0.3) is 0 Å². The molecule has 1 aromatic carbocycles. The highest BCUT2D eigenvalue weighted by molar-refractivity contribution is 5.88. The summed E-state index contributed by atoms with van der Waals surface area (Å²) in [6.45, 7) is 8.20. The van der Waals surface area contributed by atoms with Gasteiger partial charge >= 0.3 is 6.03 Å². The third-order valence-electron chi connectivity index (χ3n) is 5.13. The number of nitrogens with one attached hydrogen (secondary N) is 2. The van der Waals surface area contributed by atoms with Crippen molar-refractivity contribution in [1.29, 1.82) is 0 Å². The highest BCUT2D eigenvalue weighted by Crippen LogP contribution is 2.18. The summed E-state index contributed by atoms with van der Waals surface area (Å²) in [6, 6.07) is 12.0. The Morgan fingerprint density at radius 1 is 1.14 bits per heavy atom. The fourth-order valence-electron chi connectivity index (χ4n) is 3.47. The maximum absolute atomic E-state index is 11.9. The van der Waals surface area contributed by atoms with Crippen molar-refractivity contribution in [2.75, 3.05) is 56.6 Å². The first-order valence-electron chi connectivity index (χ1n) is 10.2. The molecule has 156 valence electrons. The second-order valence-electron chi connectivity index (χ2n) is 7.34. The number of hydrogen-bond donors (Lipinski definition) is 2. The standard InChI is InChI=1S/C22H31N5O2/c1-18-6-5-7-20(16-18)27-14-12-26(13-15-27)11-4-3-10-23-22(28)25-19-8-9-21(29-2)24-17-19/h5-9,16-17H,3-4,10-15H2,1-2H3,(H2,23,25,28). The number of carbonyl (C=O) groups is 1. The number of pyridine rings is 1. The lowest BCUT2D eigenvalue weighted by Crippen LogP contribution is -2.46. The van der Waals surface area contributed by atoms with Crippen LogP contribution >= 0.6 is 0 Å². The third-order valence-corrected chi connectivity index (χ3v) is 5.13. The van der Waals surface area contributed by atoms with E-state index in [-0.39, 0.29) is 6.03 Å². The average molecular weight is 398 g/mol. The quantitative estimate of drug-likeness (QED) is 0.670. The summed E-state index contributed by atoms with van der Waals surface area (Å²) in [7, 11) is 1.56. The first kappa shape index (κ1) is 20.9. The molecule has 0 bridgehead atoms. The third kappa shape index (κ3) is 6.64. The fourth-order valence-corrected chi connectivity index (χ4v) is 3.47. The van der Waals surface area contributed by atoms with Crippen LogP contribution in [0.3, 0.4) is 0 Å². The van der Waals surface area contributed by atoms with Gasteiger partial charge in [-0.2, -0.15) is 0 Å². The van der Waals surface area contributed by atoms with Crippen LogP contribution in [-0.4, -0.2) is 62.3 Å². The molecule has 0 spiro atoms. The Balaban J connectivity index is 1.27. The molecule has 1 aromatic heterocycles. The minimum Gasteiger partial charge on any atom is -0.481 e. The number of piperazine rings is 1. The lowest BCUT2D eigenvalue weighted by molar-refractivity contribution is 0.247. The number of ether oxygens (including phenoxy) is 1. The summed E-state index contributed by atoms with van der Waals surface area (Å²) in [5, 5.41) is 5.67. The summed E-state index contributed by atoms with van der Waals surface area (Å²) in [5.41, 5.74) is 3.28. The van der Waals surface area contributed by atoms with Crippen molar-refractivity contribution in [3.63, 3.8) is 0 Å². The second-order valence-corrected chi connectivity index (χ2v) is 7.34. The monoisotopic (exact) mass is 397 g/mol. The number of urea groups is 1. The van der Waals surface area contributed by atoms with Gasteiger partial charge in [-0.3, -0.25) is 4.90 Å². The van der Waals surface area contributed by atoms with E-state index in [1.54, 1.807) is 25.4 Å². The minimum atomic E-state index is -0.205. The molecule has 1 aliphatic rings. The number of carbonyl (C=O) groups excluding carboxylic acids is 1. The molecular formula is C22H31N5O2. The Hall–Kier alpha value is -2.80. The molecule has 1 fully saturated rings. The molecule has 2 amide bonds. The number of anilines is 2. The van der Waals surface area contributed by atoms with Gasteiger partial charge in [0.15, 0.2) is 0 Å². The molecule has 7 heteroatoms. The highest BCUT2D eigenvalue weighted by atomic mass is 16.5. The van der Waals surface area contributed by atoms with E-state index in [2.05, 4.69) is 56.6 Å². The van der Waals surface area contributed by atoms with E-state index in [1.165, 1.54) is 11.3 Å². The lowest BCUT2D eigenvalue weighted by atomic mass is 10.2. The number of unbranched alkanes of at least 4 members (excludes halogenated alkanes) is 1. The predicted octanol–water partition coefficient (Wildman–Crippen LogP) is 3.12. The number of hydrogen-bond acceptors (Lipinski definition) is 5. The lowest BCUT2D eigenvalue weighted by Gasteiger charge is -2.36. The zero-order chi connectivity index (χ0) is 20.5. The smallest absolute Gasteiger partial charge is 0.319 e. The molecule has 0 saturated carbocycles. The molecule has 1 saturated heterocycles. The Labute approximate surface area is 173 Å². The molecule has 2 heterocycles. The van der Waals surface area contributed by atoms with Crippen LogP contribution in [0, 0.1) is 6.92 Å². The van der Waals surface area contributed by atoms with Crippen LogP contribution in [0.2, 0.25) is 0 Å². The van der Waals surface area contributed by atoms with E-state index in [1.807, 2.05) is 0 Å². The van der Waals surface area contributed by atoms with E-state index in [0.29, 0.717) is 18.1 Å². The number of methoxy groups -OCH3 is 1. The maximum Gasteiger partial charge on any atom is 0.319 e. The molecule has 29 heavy (non-hydrogen) atoms. The fraction of sp³-hybridized carbons (Fsp3) is 0.455. The zero-order valence-corrected chi connectivity index (χ0v) is 17.4. The maximum atomic E-state index is 11.9. The van der Waals surface area contributed by atoms with E-state index in [4.69, 9.17) is 4.74 Å². The minimum absolute atomic E-state index is 0.205. The summed E-state index contributed by atoms with van der Waals surface area (Å²) in [4.78, 5) is 21.0. The van der Waals surface area contributed by atoms with Crippen LogP contribution in [0.25, 0.3) is 0 Å². The van der Waals surface area contributed by atoms with Crippen LogP contribution in [0.5, 0.6) is 5.88 Å². The average Bonchev–Trinajstić information content (AvgIpc) is 2.74. The van der Waals surface area contributed by atoms with Gasteiger partial charge in [0.1, 0.15) is 0 Å². The topological polar surface area (TPSA) is 69.7 Å². The Morgan fingerprint density at radius 2 is 1.97 bits per heavy atom. The van der Waals surface area contributed by atoms with Crippen LogP contribution < -0.4 is 20.3 Å². The van der Waals surface area contributed by atoms with Crippen LogP contribution in [0.1, 0.15) is 18.4 Å². The molecule has 0 atom stereocenters. The summed E-state index contributed by atoms with van der Waals surface area (Å²) in [5.74, 6) is 0.524. The van der Waals surface area contributed by atoms with Crippen molar-refractivity contribution in [2.24, 2.45) is 0 Å². The first-order valence-corrected chi connectivity index (χ1v) is 10.2. The Bertz CT molecular complexity index is 773. The van der Waals surface area contributed by atoms with Crippen molar-refractivity contribution in [2.45, 2.75) is 19.8 Å². The van der Waals surface area contributed by atoms with Gasteiger partial charge < -0.3 is 20.3 Å². The summed E-state index contributed by atoms with van der Waals surface area (Å²) < 4.78 is 5.00. The van der Waals surface area contributed by atoms with Crippen molar-refractivity contribution in [3.05, 3.63) is 48.2 Å². The van der Waals surface area contributed by atoms with Gasteiger partial charge in [0.2, 0.25) is 5.88 Å². The Morgan fingerprint density at radius 3 is 2.66 bits per heavy atom. The molecule has 3 rings (SSSR count). The van der Waals surface area contributed by atoms with E-state index < -0.39 is 0 Å². The van der Waals surface area contributed by atoms with Gasteiger partial charge in [-0.1, -0.05) is 12.1 Å². The number of aryl methyl sites for hydroxylation is 1. The first-order chi connectivity index (χ1) is 14.1. The van der Waals surface area contributed by atoms with Gasteiger partial charge in [-0.05, 0) is 50.1 Å². The number of aromatic nitrogens is 1. The van der Waals surface area contributed by atoms with Crippen molar-refractivity contribution < 1.29 is 9.53 Å². The normalized spacial score (nSPS) is 14.5. The summed E-state index contributed by atoms with van der Waals surface area (Å²) >= 11 is 0. The van der Waals surface area contributed by atoms with Gasteiger partial charge in [-0.25, -0.2) is 9.78 Å². The number of rotatable bonds is 8. The van der Waals surface area contributed by atoms with Crippen molar-refractivity contribution >= 4 is 17.4 Å². The molecule has 2 N–H and O–H groups in total. The molecule has 0 radical (unpaired) electrons. The largest absolute Gasteiger partial charge is 0.481 e. The van der Waals surface area contributed by atoms with Crippen LogP contribution in [-0.2, 0) is 0 Å². The number of nitrogens with zero attached hydrogens (tertiary/aromatic N) is 3. The van der Waals surface area contributed by atoms with Crippen LogP contribution in [0.4, 0.5) is 16.2 Å². The van der Waals surface area contributed by atoms with Crippen molar-refractivity contribution in [1.82, 2.24) is 15.2 Å². The van der Waals surface area contributed by atoms with E-state index in [0.717, 1.165) is 45.6 Å². The number of amides is 2. The molecule has 1 aliphatic heterocycles. The predicted molar refractivity (Wildman–Crippen MR) is 117 cm³/mol. The summed E-state index contributed by atoms with van der Waals surface area (Å²) in [6.07, 6.45) is 3.62. The van der Waals surface area contributed by atoms with Gasteiger partial charge in [-0.15, -0.1) is 0 Å². The number of benzene rings is 1. The second kappa shape index (κ2) is 10.7. The van der Waals surface area contributed by atoms with Gasteiger partial charge in [0, 0.05) is 44.5 Å². The molecule has 7 nitrogen and oxygen atoms in total. The van der Waals surface area contributed by atoms with Gasteiger partial charge in [0.05, 0.1) is 19.0 Å². The zero-order valence-electron chi connectivity index (χ0n) is 17.4. The van der Waals surface area contributed by atoms with E-state index in [9.17, 15) is 4.79 Å². The molecular weight excluding hydrogens is 366 g/mol.